The Morgan fingerprint density at radius 1 is 1.35 bits per heavy atom. The third kappa shape index (κ3) is 2.89. The molecule has 1 aliphatic rings. The van der Waals surface area contributed by atoms with Crippen molar-refractivity contribution in [3.63, 3.8) is 0 Å². The molecule has 0 radical (unpaired) electrons. The van der Waals surface area contributed by atoms with Gasteiger partial charge in [0.2, 0.25) is 0 Å². The van der Waals surface area contributed by atoms with Gasteiger partial charge in [0.25, 0.3) is 5.91 Å². The van der Waals surface area contributed by atoms with Gasteiger partial charge in [0, 0.05) is 38.4 Å². The maximum absolute atomic E-state index is 12.8. The van der Waals surface area contributed by atoms with E-state index in [9.17, 15) is 9.59 Å². The van der Waals surface area contributed by atoms with E-state index in [1.165, 1.54) is 0 Å². The summed E-state index contributed by atoms with van der Waals surface area (Å²) in [6, 6.07) is 1.78. The minimum atomic E-state index is -0.157. The lowest BCUT2D eigenvalue weighted by Crippen LogP contribution is -2.39. The van der Waals surface area contributed by atoms with Gasteiger partial charge in [-0.1, -0.05) is 0 Å². The minimum absolute atomic E-state index is 0.0256. The molecule has 1 amide bonds. The summed E-state index contributed by atoms with van der Waals surface area (Å²) < 4.78 is 3.28. The Kier molecular flexibility index (Phi) is 4.27. The number of likely N-dealkylation sites (tertiary alicyclic amines) is 1. The normalized spacial score (nSPS) is 15.7. The molecule has 3 aromatic rings. The van der Waals surface area contributed by atoms with Gasteiger partial charge in [0.05, 0.1) is 6.20 Å². The Balaban J connectivity index is 1.42. The predicted molar refractivity (Wildman–Crippen MR) is 93.8 cm³/mol. The summed E-state index contributed by atoms with van der Waals surface area (Å²) >= 11 is 0. The van der Waals surface area contributed by atoms with Gasteiger partial charge in [-0.15, -0.1) is 0 Å². The molecule has 1 aliphatic heterocycles. The van der Waals surface area contributed by atoms with Crippen molar-refractivity contribution >= 4 is 11.6 Å². The molecule has 1 N–H and O–H groups in total. The zero-order valence-corrected chi connectivity index (χ0v) is 14.6. The first-order valence-electron chi connectivity index (χ1n) is 8.89. The fraction of sp³-hybridized carbons (Fsp3) is 0.471. The molecule has 1 fully saturated rings. The summed E-state index contributed by atoms with van der Waals surface area (Å²) in [6.45, 7) is 3.93. The van der Waals surface area contributed by atoms with Gasteiger partial charge in [-0.25, -0.2) is 19.4 Å². The largest absolute Gasteiger partial charge is 0.343 e. The van der Waals surface area contributed by atoms with Gasteiger partial charge in [0.1, 0.15) is 11.4 Å². The highest BCUT2D eigenvalue weighted by molar-refractivity contribution is 5.99. The van der Waals surface area contributed by atoms with E-state index in [4.69, 9.17) is 0 Å². The average Bonchev–Trinajstić information content (AvgIpc) is 3.25. The molecular weight excluding hydrogens is 334 g/mol. The van der Waals surface area contributed by atoms with E-state index in [0.29, 0.717) is 36.8 Å². The van der Waals surface area contributed by atoms with E-state index in [1.807, 2.05) is 11.8 Å². The van der Waals surface area contributed by atoms with E-state index in [1.54, 1.807) is 33.7 Å². The molecule has 26 heavy (non-hydrogen) atoms. The van der Waals surface area contributed by atoms with Crippen LogP contribution < -0.4 is 5.69 Å². The molecule has 3 aromatic heterocycles. The van der Waals surface area contributed by atoms with Crippen LogP contribution in [0.1, 0.15) is 35.9 Å². The number of aromatic amines is 1. The van der Waals surface area contributed by atoms with Gasteiger partial charge >= 0.3 is 5.69 Å². The number of hydrogen-bond donors (Lipinski definition) is 1. The van der Waals surface area contributed by atoms with Crippen LogP contribution in [0.4, 0.5) is 0 Å². The van der Waals surface area contributed by atoms with E-state index >= 15 is 0 Å². The number of amides is 1. The molecule has 0 atom stereocenters. The average molecular weight is 355 g/mol. The predicted octanol–water partition coefficient (Wildman–Crippen LogP) is 0.729. The van der Waals surface area contributed by atoms with Crippen molar-refractivity contribution in [2.75, 3.05) is 13.1 Å². The Bertz CT molecular complexity index is 978. The van der Waals surface area contributed by atoms with E-state index in [2.05, 4.69) is 20.3 Å². The topological polar surface area (TPSA) is 101 Å². The lowest BCUT2D eigenvalue weighted by molar-refractivity contribution is 0.0691. The third-order valence-electron chi connectivity index (χ3n) is 5.04. The summed E-state index contributed by atoms with van der Waals surface area (Å²) in [5.41, 5.74) is 0.968. The molecule has 0 spiro atoms. The van der Waals surface area contributed by atoms with Gasteiger partial charge in [-0.05, 0) is 31.7 Å². The second-order valence-electron chi connectivity index (χ2n) is 6.58. The molecule has 4 heterocycles. The van der Waals surface area contributed by atoms with E-state index in [-0.39, 0.29) is 11.6 Å². The lowest BCUT2D eigenvalue weighted by atomic mass is 9.93. The van der Waals surface area contributed by atoms with Gasteiger partial charge in [-0.3, -0.25) is 9.36 Å². The molecule has 0 aliphatic carbocycles. The lowest BCUT2D eigenvalue weighted by Gasteiger charge is -2.31. The maximum Gasteiger partial charge on any atom is 0.343 e. The fourth-order valence-corrected chi connectivity index (χ4v) is 3.58. The minimum Gasteiger partial charge on any atom is -0.338 e. The number of rotatable bonds is 4. The highest BCUT2D eigenvalue weighted by Crippen LogP contribution is 2.22. The molecule has 9 heteroatoms. The SMILES string of the molecule is CCn1c(CC2CCN(C(=O)c3cnn4cccnc34)CC2)n[nH]c1=O. The molecular formula is C17H21N7O2. The van der Waals surface area contributed by atoms with Crippen LogP contribution in [0.25, 0.3) is 5.65 Å². The second-order valence-corrected chi connectivity index (χ2v) is 6.58. The maximum atomic E-state index is 12.8. The van der Waals surface area contributed by atoms with Crippen LogP contribution in [-0.2, 0) is 13.0 Å². The number of carbonyl (C=O) groups is 1. The van der Waals surface area contributed by atoms with Gasteiger partial charge < -0.3 is 4.90 Å². The molecule has 136 valence electrons. The Morgan fingerprint density at radius 3 is 2.92 bits per heavy atom. The highest BCUT2D eigenvalue weighted by Gasteiger charge is 2.27. The zero-order chi connectivity index (χ0) is 18.1. The number of aromatic nitrogens is 6. The summed E-state index contributed by atoms with van der Waals surface area (Å²) in [7, 11) is 0. The summed E-state index contributed by atoms with van der Waals surface area (Å²) in [5, 5.41) is 10.8. The van der Waals surface area contributed by atoms with Crippen molar-refractivity contribution in [2.45, 2.75) is 32.7 Å². The first-order valence-corrected chi connectivity index (χ1v) is 8.89. The van der Waals surface area contributed by atoms with Crippen LogP contribution in [0.15, 0.2) is 29.5 Å². The van der Waals surface area contributed by atoms with Crippen molar-refractivity contribution in [1.82, 2.24) is 34.3 Å². The van der Waals surface area contributed by atoms with Gasteiger partial charge in [0.15, 0.2) is 5.65 Å². The number of hydrogen-bond acceptors (Lipinski definition) is 5. The van der Waals surface area contributed by atoms with E-state index < -0.39 is 0 Å². The Labute approximate surface area is 149 Å². The van der Waals surface area contributed by atoms with Gasteiger partial charge in [-0.2, -0.15) is 10.2 Å². The molecule has 0 saturated carbocycles. The summed E-state index contributed by atoms with van der Waals surface area (Å²) in [5.74, 6) is 1.19. The van der Waals surface area contributed by atoms with Crippen molar-refractivity contribution in [3.05, 3.63) is 46.5 Å². The first-order chi connectivity index (χ1) is 12.7. The highest BCUT2D eigenvalue weighted by atomic mass is 16.2. The fourth-order valence-electron chi connectivity index (χ4n) is 3.58. The van der Waals surface area contributed by atoms with Crippen molar-refractivity contribution in [1.29, 1.82) is 0 Å². The van der Waals surface area contributed by atoms with Crippen LogP contribution in [0.5, 0.6) is 0 Å². The summed E-state index contributed by atoms with van der Waals surface area (Å²) in [4.78, 5) is 30.6. The van der Waals surface area contributed by atoms with Crippen molar-refractivity contribution in [3.8, 4) is 0 Å². The van der Waals surface area contributed by atoms with Crippen LogP contribution in [0.3, 0.4) is 0 Å². The number of fused-ring (bicyclic) bond motifs is 1. The number of nitrogens with one attached hydrogen (secondary N) is 1. The second kappa shape index (κ2) is 6.74. The monoisotopic (exact) mass is 355 g/mol. The van der Waals surface area contributed by atoms with Crippen LogP contribution in [0, 0.1) is 5.92 Å². The number of carbonyl (C=O) groups excluding carboxylic acids is 1. The first kappa shape index (κ1) is 16.5. The Hall–Kier alpha value is -2.97. The quantitative estimate of drug-likeness (QED) is 0.743. The molecule has 0 bridgehead atoms. The number of H-pyrrole nitrogens is 1. The van der Waals surface area contributed by atoms with Crippen LogP contribution in [0.2, 0.25) is 0 Å². The van der Waals surface area contributed by atoms with E-state index in [0.717, 1.165) is 25.1 Å². The summed E-state index contributed by atoms with van der Waals surface area (Å²) in [6.07, 6.45) is 7.57. The molecule has 0 unspecified atom stereocenters. The molecule has 0 aromatic carbocycles. The molecule has 9 nitrogen and oxygen atoms in total. The van der Waals surface area contributed by atoms with Crippen LogP contribution in [-0.4, -0.2) is 53.3 Å². The third-order valence-corrected chi connectivity index (χ3v) is 5.04. The number of piperidine rings is 1. The van der Waals surface area contributed by atoms with Crippen molar-refractivity contribution < 1.29 is 4.79 Å². The zero-order valence-electron chi connectivity index (χ0n) is 14.6. The van der Waals surface area contributed by atoms with Crippen molar-refractivity contribution in [2.24, 2.45) is 5.92 Å². The smallest absolute Gasteiger partial charge is 0.338 e. The standard InChI is InChI=1S/C17H21N7O2/c1-2-23-14(20-21-17(23)26)10-12-4-8-22(9-5-12)16(25)13-11-19-24-7-3-6-18-15(13)24/h3,6-7,11-12H,2,4-5,8-10H2,1H3,(H,21,26). The Morgan fingerprint density at radius 2 is 2.15 bits per heavy atom. The van der Waals surface area contributed by atoms with Crippen LogP contribution >= 0.6 is 0 Å². The molecule has 1 saturated heterocycles. The number of nitrogens with zero attached hydrogens (tertiary/aromatic N) is 6. The molecule has 4 rings (SSSR count).